The van der Waals surface area contributed by atoms with Gasteiger partial charge in [0.1, 0.15) is 17.3 Å². The number of nitrogens with zero attached hydrogens (tertiary/aromatic N) is 1. The van der Waals surface area contributed by atoms with E-state index in [9.17, 15) is 14.7 Å². The zero-order valence-corrected chi connectivity index (χ0v) is 20.2. The largest absolute Gasteiger partial charge is 0.507 e. The maximum atomic E-state index is 13.3. The highest BCUT2D eigenvalue weighted by Gasteiger charge is 2.46. The molecule has 1 heterocycles. The molecule has 6 nitrogen and oxygen atoms in total. The van der Waals surface area contributed by atoms with Crippen LogP contribution in [0.5, 0.6) is 11.5 Å². The van der Waals surface area contributed by atoms with Gasteiger partial charge in [0, 0.05) is 11.3 Å². The first kappa shape index (κ1) is 24.1. The number of ether oxygens (including phenoxy) is 2. The molecule has 1 aliphatic heterocycles. The zero-order chi connectivity index (χ0) is 24.9. The average molecular weight is 472 g/mol. The smallest absolute Gasteiger partial charge is 0.300 e. The van der Waals surface area contributed by atoms with Crippen LogP contribution in [0.2, 0.25) is 0 Å². The summed E-state index contributed by atoms with van der Waals surface area (Å²) in [5, 5.41) is 11.3. The number of ketones is 1. The number of aliphatic hydroxyl groups is 1. The second kappa shape index (κ2) is 10.5. The number of benzene rings is 3. The highest BCUT2D eigenvalue weighted by molar-refractivity contribution is 6.51. The molecule has 3 aromatic rings. The van der Waals surface area contributed by atoms with Crippen LogP contribution in [0.25, 0.3) is 5.76 Å². The van der Waals surface area contributed by atoms with Gasteiger partial charge in [0.25, 0.3) is 11.7 Å². The number of rotatable bonds is 8. The predicted octanol–water partition coefficient (Wildman–Crippen LogP) is 5.81. The summed E-state index contributed by atoms with van der Waals surface area (Å²) < 4.78 is 11.3. The van der Waals surface area contributed by atoms with Gasteiger partial charge in [-0.25, -0.2) is 0 Å². The molecule has 1 aliphatic rings. The Balaban J connectivity index is 1.85. The van der Waals surface area contributed by atoms with Crippen molar-refractivity contribution in [1.82, 2.24) is 0 Å². The van der Waals surface area contributed by atoms with Crippen LogP contribution in [0.3, 0.4) is 0 Å². The molecule has 1 unspecified atom stereocenters. The number of carbonyl (C=O) groups is 2. The molecule has 1 saturated heterocycles. The average Bonchev–Trinajstić information content (AvgIpc) is 3.14. The Morgan fingerprint density at radius 3 is 2.29 bits per heavy atom. The normalized spacial score (nSPS) is 17.0. The van der Waals surface area contributed by atoms with E-state index in [1.165, 1.54) is 4.90 Å². The molecule has 1 amide bonds. The quantitative estimate of drug-likeness (QED) is 0.255. The van der Waals surface area contributed by atoms with Gasteiger partial charge in [-0.15, -0.1) is 0 Å². The van der Waals surface area contributed by atoms with Crippen LogP contribution >= 0.6 is 0 Å². The van der Waals surface area contributed by atoms with Gasteiger partial charge in [0.05, 0.1) is 24.8 Å². The summed E-state index contributed by atoms with van der Waals surface area (Å²) in [6.45, 7) is 6.92. The van der Waals surface area contributed by atoms with E-state index < -0.39 is 17.7 Å². The van der Waals surface area contributed by atoms with Crippen molar-refractivity contribution < 1.29 is 24.2 Å². The molecule has 1 fully saturated rings. The van der Waals surface area contributed by atoms with Crippen LogP contribution in [-0.4, -0.2) is 30.0 Å². The van der Waals surface area contributed by atoms with Crippen molar-refractivity contribution in [2.75, 3.05) is 18.1 Å². The summed E-state index contributed by atoms with van der Waals surface area (Å²) in [4.78, 5) is 28.0. The van der Waals surface area contributed by atoms with E-state index in [1.807, 2.05) is 63.2 Å². The predicted molar refractivity (Wildman–Crippen MR) is 136 cm³/mol. The topological polar surface area (TPSA) is 76.1 Å². The number of amides is 1. The minimum atomic E-state index is -0.788. The van der Waals surface area contributed by atoms with Gasteiger partial charge >= 0.3 is 0 Å². The number of hydrogen-bond acceptors (Lipinski definition) is 5. The Kier molecular flexibility index (Phi) is 7.20. The van der Waals surface area contributed by atoms with Crippen molar-refractivity contribution in [2.24, 2.45) is 0 Å². The number of para-hydroxylation sites is 1. The fourth-order valence-electron chi connectivity index (χ4n) is 4.24. The van der Waals surface area contributed by atoms with E-state index in [1.54, 1.807) is 30.3 Å². The van der Waals surface area contributed by atoms with Crippen LogP contribution in [-0.2, 0) is 9.59 Å². The Morgan fingerprint density at radius 1 is 0.943 bits per heavy atom. The molecule has 180 valence electrons. The lowest BCUT2D eigenvalue weighted by Gasteiger charge is -2.25. The maximum absolute atomic E-state index is 13.3. The van der Waals surface area contributed by atoms with Crippen LogP contribution < -0.4 is 14.4 Å². The lowest BCUT2D eigenvalue weighted by atomic mass is 9.94. The minimum absolute atomic E-state index is 0.0460. The van der Waals surface area contributed by atoms with Crippen molar-refractivity contribution in [3.8, 4) is 11.5 Å². The first-order valence-corrected chi connectivity index (χ1v) is 11.8. The van der Waals surface area contributed by atoms with E-state index in [2.05, 4.69) is 0 Å². The number of anilines is 1. The van der Waals surface area contributed by atoms with E-state index >= 15 is 0 Å². The van der Waals surface area contributed by atoms with Crippen molar-refractivity contribution in [3.63, 3.8) is 0 Å². The fraction of sp³-hybridized carbons (Fsp3) is 0.241. The zero-order valence-electron chi connectivity index (χ0n) is 20.2. The Bertz CT molecular complexity index is 1250. The van der Waals surface area contributed by atoms with Crippen LogP contribution in [0.1, 0.15) is 43.0 Å². The van der Waals surface area contributed by atoms with E-state index in [0.29, 0.717) is 41.5 Å². The third-order valence-corrected chi connectivity index (χ3v) is 5.90. The lowest BCUT2D eigenvalue weighted by Crippen LogP contribution is -2.29. The molecule has 0 saturated carbocycles. The number of aliphatic hydroxyl groups excluding tert-OH is 1. The molecule has 6 heteroatoms. The number of Topliss-reactive ketones (excluding diaryl/α,β-unsaturated/α-hetero) is 1. The third kappa shape index (κ3) is 4.78. The second-order valence-electron chi connectivity index (χ2n) is 8.34. The molecule has 4 rings (SSSR count). The van der Waals surface area contributed by atoms with Crippen LogP contribution in [0.15, 0.2) is 78.4 Å². The van der Waals surface area contributed by atoms with Gasteiger partial charge in [-0.1, -0.05) is 37.3 Å². The SMILES string of the molecule is CCCOc1ccc(C2/C(=C(/O)c3ccc(OCC)c(C)c3)C(=O)C(=O)N2c2ccccc2)cc1. The highest BCUT2D eigenvalue weighted by Crippen LogP contribution is 2.42. The lowest BCUT2D eigenvalue weighted by molar-refractivity contribution is -0.132. The molecular formula is C29H29NO5. The van der Waals surface area contributed by atoms with Gasteiger partial charge in [-0.3, -0.25) is 14.5 Å². The molecule has 1 atom stereocenters. The molecule has 35 heavy (non-hydrogen) atoms. The van der Waals surface area contributed by atoms with Gasteiger partial charge in [-0.2, -0.15) is 0 Å². The van der Waals surface area contributed by atoms with E-state index in [0.717, 1.165) is 12.0 Å². The minimum Gasteiger partial charge on any atom is -0.507 e. The Morgan fingerprint density at radius 2 is 1.66 bits per heavy atom. The molecule has 0 radical (unpaired) electrons. The molecule has 0 aliphatic carbocycles. The summed E-state index contributed by atoms with van der Waals surface area (Å²) in [7, 11) is 0. The molecule has 3 aromatic carbocycles. The molecule has 1 N–H and O–H groups in total. The van der Waals surface area contributed by atoms with Gasteiger partial charge in [0.2, 0.25) is 0 Å². The summed E-state index contributed by atoms with van der Waals surface area (Å²) >= 11 is 0. The van der Waals surface area contributed by atoms with E-state index in [4.69, 9.17) is 9.47 Å². The molecule has 0 bridgehead atoms. The summed E-state index contributed by atoms with van der Waals surface area (Å²) in [6, 6.07) is 20.7. The summed E-state index contributed by atoms with van der Waals surface area (Å²) in [5.74, 6) is -0.224. The van der Waals surface area contributed by atoms with Crippen LogP contribution in [0, 0.1) is 6.92 Å². The highest BCUT2D eigenvalue weighted by atomic mass is 16.5. The summed E-state index contributed by atoms with van der Waals surface area (Å²) in [5.41, 5.74) is 2.59. The monoisotopic (exact) mass is 471 g/mol. The number of carbonyl (C=O) groups excluding carboxylic acids is 2. The summed E-state index contributed by atoms with van der Waals surface area (Å²) in [6.07, 6.45) is 0.886. The Hall–Kier alpha value is -4.06. The first-order chi connectivity index (χ1) is 17.0. The van der Waals surface area contributed by atoms with Gasteiger partial charge in [-0.05, 0) is 73.9 Å². The van der Waals surface area contributed by atoms with Crippen molar-refractivity contribution in [3.05, 3.63) is 95.1 Å². The third-order valence-electron chi connectivity index (χ3n) is 5.90. The maximum Gasteiger partial charge on any atom is 0.300 e. The second-order valence-corrected chi connectivity index (χ2v) is 8.34. The standard InChI is InChI=1S/C29H29NO5/c1-4-17-35-23-14-11-20(12-15-23)26-25(27(31)21-13-16-24(34-5-2)19(3)18-21)28(32)29(33)30(26)22-9-7-6-8-10-22/h6-16,18,26,31H,4-5,17H2,1-3H3/b27-25-. The molecule has 0 aromatic heterocycles. The first-order valence-electron chi connectivity index (χ1n) is 11.8. The molecule has 0 spiro atoms. The van der Waals surface area contributed by atoms with Crippen molar-refractivity contribution in [1.29, 1.82) is 0 Å². The van der Waals surface area contributed by atoms with E-state index in [-0.39, 0.29) is 11.3 Å². The van der Waals surface area contributed by atoms with Crippen molar-refractivity contribution >= 4 is 23.1 Å². The number of aryl methyl sites for hydroxylation is 1. The fourth-order valence-corrected chi connectivity index (χ4v) is 4.24. The number of hydrogen-bond donors (Lipinski definition) is 1. The molecular weight excluding hydrogens is 442 g/mol. The van der Waals surface area contributed by atoms with Gasteiger partial charge in [0.15, 0.2) is 0 Å². The van der Waals surface area contributed by atoms with Crippen molar-refractivity contribution in [2.45, 2.75) is 33.2 Å². The van der Waals surface area contributed by atoms with Crippen LogP contribution in [0.4, 0.5) is 5.69 Å². The van der Waals surface area contributed by atoms with Gasteiger partial charge < -0.3 is 14.6 Å². The Labute approximate surface area is 205 Å².